The van der Waals surface area contributed by atoms with Crippen LogP contribution in [0.4, 0.5) is 4.39 Å². The minimum Gasteiger partial charge on any atom is -0.493 e. The first kappa shape index (κ1) is 25.8. The standard InChI is InChI=1S/C31H25FN2O5S/c1-37-24-9-5-7-20(29(24)39-17-26(35)38-2)16-25-30(36)34-28(19-10-13-21(32)14-11-19)23-15-12-18-6-3-4-8-22(18)27(23)33-31(34)40-25/h3-11,13-14,16,28H,12,15,17H2,1-2H3. The van der Waals surface area contributed by atoms with Gasteiger partial charge in [0.15, 0.2) is 22.9 Å². The molecule has 40 heavy (non-hydrogen) atoms. The molecule has 0 radical (unpaired) electrons. The molecule has 0 saturated heterocycles. The number of esters is 1. The number of nitrogens with zero attached hydrogens (tertiary/aromatic N) is 2. The molecule has 1 aliphatic heterocycles. The lowest BCUT2D eigenvalue weighted by molar-refractivity contribution is -0.142. The Morgan fingerprint density at radius 1 is 1.07 bits per heavy atom. The van der Waals surface area contributed by atoms with Crippen molar-refractivity contribution in [1.29, 1.82) is 0 Å². The van der Waals surface area contributed by atoms with Crippen molar-refractivity contribution in [3.8, 4) is 11.5 Å². The van der Waals surface area contributed by atoms with Crippen molar-refractivity contribution in [2.75, 3.05) is 20.8 Å². The number of para-hydroxylation sites is 1. The molecule has 6 rings (SSSR count). The third-order valence-corrected chi connectivity index (χ3v) is 8.12. The number of carbonyl (C=O) groups excluding carboxylic acids is 1. The van der Waals surface area contributed by atoms with Gasteiger partial charge in [0.05, 0.1) is 30.5 Å². The van der Waals surface area contributed by atoms with Crippen molar-refractivity contribution in [2.24, 2.45) is 4.99 Å². The van der Waals surface area contributed by atoms with Crippen LogP contribution < -0.4 is 24.4 Å². The average Bonchev–Trinajstić information content (AvgIpc) is 3.29. The smallest absolute Gasteiger partial charge is 0.343 e. The van der Waals surface area contributed by atoms with Gasteiger partial charge in [0.1, 0.15) is 5.82 Å². The summed E-state index contributed by atoms with van der Waals surface area (Å²) in [5.41, 5.74) is 5.34. The van der Waals surface area contributed by atoms with E-state index in [9.17, 15) is 14.0 Å². The highest BCUT2D eigenvalue weighted by atomic mass is 32.1. The monoisotopic (exact) mass is 556 g/mol. The maximum atomic E-state index is 14.0. The summed E-state index contributed by atoms with van der Waals surface area (Å²) >= 11 is 1.27. The summed E-state index contributed by atoms with van der Waals surface area (Å²) in [6, 6.07) is 19.3. The third-order valence-electron chi connectivity index (χ3n) is 7.14. The third kappa shape index (κ3) is 4.52. The van der Waals surface area contributed by atoms with Crippen LogP contribution in [0, 0.1) is 5.82 Å². The van der Waals surface area contributed by atoms with Crippen LogP contribution in [0.3, 0.4) is 0 Å². The van der Waals surface area contributed by atoms with E-state index in [2.05, 4.69) is 12.1 Å². The summed E-state index contributed by atoms with van der Waals surface area (Å²) < 4.78 is 31.9. The molecule has 9 heteroatoms. The van der Waals surface area contributed by atoms with Crippen LogP contribution in [0.5, 0.6) is 11.5 Å². The molecule has 7 nitrogen and oxygen atoms in total. The van der Waals surface area contributed by atoms with Gasteiger partial charge in [0.25, 0.3) is 5.56 Å². The lowest BCUT2D eigenvalue weighted by Crippen LogP contribution is -2.38. The zero-order valence-corrected chi connectivity index (χ0v) is 22.7. The maximum Gasteiger partial charge on any atom is 0.343 e. The number of methoxy groups -OCH3 is 2. The number of benzene rings is 3. The van der Waals surface area contributed by atoms with Gasteiger partial charge < -0.3 is 14.2 Å². The predicted octanol–water partition coefficient (Wildman–Crippen LogP) is 4.02. The van der Waals surface area contributed by atoms with Crippen molar-refractivity contribution in [1.82, 2.24) is 4.57 Å². The Labute approximate surface area is 233 Å². The average molecular weight is 557 g/mol. The van der Waals surface area contributed by atoms with Gasteiger partial charge in [-0.3, -0.25) is 9.36 Å². The van der Waals surface area contributed by atoms with Crippen molar-refractivity contribution >= 4 is 29.1 Å². The molecule has 0 amide bonds. The molecular weight excluding hydrogens is 531 g/mol. The number of rotatable bonds is 6. The molecule has 0 bridgehead atoms. The molecule has 2 heterocycles. The Hall–Kier alpha value is -4.50. The molecule has 0 fully saturated rings. The second-order valence-corrected chi connectivity index (χ2v) is 10.4. The minimum atomic E-state index is -0.540. The Balaban J connectivity index is 1.55. The number of aromatic nitrogens is 1. The summed E-state index contributed by atoms with van der Waals surface area (Å²) in [6.45, 7) is -0.310. The van der Waals surface area contributed by atoms with Crippen LogP contribution in [-0.2, 0) is 16.0 Å². The van der Waals surface area contributed by atoms with Crippen LogP contribution in [0.15, 0.2) is 82.1 Å². The second-order valence-electron chi connectivity index (χ2n) is 9.41. The van der Waals surface area contributed by atoms with Crippen molar-refractivity contribution < 1.29 is 23.4 Å². The molecule has 202 valence electrons. The van der Waals surface area contributed by atoms with E-state index in [1.807, 2.05) is 12.1 Å². The van der Waals surface area contributed by atoms with Crippen LogP contribution in [0.25, 0.3) is 11.8 Å². The van der Waals surface area contributed by atoms with E-state index in [4.69, 9.17) is 19.2 Å². The van der Waals surface area contributed by atoms with E-state index in [1.165, 1.54) is 43.3 Å². The molecule has 3 aromatic carbocycles. The number of carbonyl (C=O) groups is 1. The van der Waals surface area contributed by atoms with E-state index >= 15 is 0 Å². The zero-order chi connectivity index (χ0) is 27.8. The van der Waals surface area contributed by atoms with Crippen LogP contribution in [0.2, 0.25) is 0 Å². The van der Waals surface area contributed by atoms with Gasteiger partial charge in [-0.15, -0.1) is 0 Å². The first-order valence-corrected chi connectivity index (χ1v) is 13.6. The first-order chi connectivity index (χ1) is 19.5. The predicted molar refractivity (Wildman–Crippen MR) is 150 cm³/mol. The SMILES string of the molecule is COC(=O)COc1c(C=c2sc3n(c2=O)C(c2ccc(F)cc2)C2=C(N=3)c3ccccc3CC2)cccc1OC. The lowest BCUT2D eigenvalue weighted by Gasteiger charge is -2.30. The number of hydrogen-bond acceptors (Lipinski definition) is 7. The fourth-order valence-electron chi connectivity index (χ4n) is 5.26. The van der Waals surface area contributed by atoms with Gasteiger partial charge in [-0.25, -0.2) is 14.2 Å². The minimum absolute atomic E-state index is 0.217. The van der Waals surface area contributed by atoms with Gasteiger partial charge in [0, 0.05) is 11.1 Å². The summed E-state index contributed by atoms with van der Waals surface area (Å²) in [5, 5.41) is 0. The van der Waals surface area contributed by atoms with Gasteiger partial charge in [0.2, 0.25) is 0 Å². The molecule has 1 unspecified atom stereocenters. The van der Waals surface area contributed by atoms with Gasteiger partial charge in [-0.05, 0) is 53.8 Å². The number of ether oxygens (including phenoxy) is 3. The lowest BCUT2D eigenvalue weighted by atomic mass is 9.83. The molecule has 1 atom stereocenters. The van der Waals surface area contributed by atoms with Crippen molar-refractivity contribution in [2.45, 2.75) is 18.9 Å². The highest BCUT2D eigenvalue weighted by molar-refractivity contribution is 7.07. The second kappa shape index (κ2) is 10.6. The number of fused-ring (bicyclic) bond motifs is 3. The zero-order valence-electron chi connectivity index (χ0n) is 21.8. The fourth-order valence-corrected chi connectivity index (χ4v) is 6.25. The molecule has 1 aliphatic carbocycles. The van der Waals surface area contributed by atoms with E-state index < -0.39 is 12.0 Å². The first-order valence-electron chi connectivity index (χ1n) is 12.7. The highest BCUT2D eigenvalue weighted by Crippen LogP contribution is 2.41. The van der Waals surface area contributed by atoms with E-state index in [0.29, 0.717) is 26.4 Å². The molecule has 0 N–H and O–H groups in total. The number of aryl methyl sites for hydroxylation is 1. The van der Waals surface area contributed by atoms with E-state index in [0.717, 1.165) is 35.2 Å². The topological polar surface area (TPSA) is 79.1 Å². The number of thiazole rings is 1. The molecule has 4 aromatic rings. The quantitative estimate of drug-likeness (QED) is 0.336. The molecular formula is C31H25FN2O5S. The summed E-state index contributed by atoms with van der Waals surface area (Å²) in [6.07, 6.45) is 3.29. The van der Waals surface area contributed by atoms with Gasteiger partial charge in [-0.1, -0.05) is 59.9 Å². The summed E-state index contributed by atoms with van der Waals surface area (Å²) in [7, 11) is 2.79. The normalized spacial score (nSPS) is 16.0. The summed E-state index contributed by atoms with van der Waals surface area (Å²) in [4.78, 5) is 31.3. The van der Waals surface area contributed by atoms with Gasteiger partial charge >= 0.3 is 5.97 Å². The Kier molecular flexibility index (Phi) is 6.81. The van der Waals surface area contributed by atoms with Crippen LogP contribution in [0.1, 0.15) is 34.7 Å². The Morgan fingerprint density at radius 2 is 1.88 bits per heavy atom. The molecule has 0 saturated carbocycles. The maximum absolute atomic E-state index is 14.0. The number of hydrogen-bond donors (Lipinski definition) is 0. The highest BCUT2D eigenvalue weighted by Gasteiger charge is 2.32. The van der Waals surface area contributed by atoms with Crippen molar-refractivity contribution in [3.05, 3.63) is 120 Å². The number of halogens is 1. The van der Waals surface area contributed by atoms with Gasteiger partial charge in [-0.2, -0.15) is 0 Å². The Bertz CT molecular complexity index is 1840. The summed E-state index contributed by atoms with van der Waals surface area (Å²) in [5.74, 6) is -0.135. The molecule has 2 aliphatic rings. The number of allylic oxidation sites excluding steroid dienone is 1. The van der Waals surface area contributed by atoms with Crippen molar-refractivity contribution in [3.63, 3.8) is 0 Å². The van der Waals surface area contributed by atoms with Crippen LogP contribution in [-0.4, -0.2) is 31.4 Å². The molecule has 0 spiro atoms. The molecule has 1 aromatic heterocycles. The fraction of sp³-hybridized carbons (Fsp3) is 0.194. The van der Waals surface area contributed by atoms with E-state index in [-0.39, 0.29) is 18.0 Å². The largest absolute Gasteiger partial charge is 0.493 e. The van der Waals surface area contributed by atoms with Crippen LogP contribution >= 0.6 is 11.3 Å². The van der Waals surface area contributed by atoms with E-state index in [1.54, 1.807) is 41.0 Å². The Morgan fingerprint density at radius 3 is 2.65 bits per heavy atom.